The van der Waals surface area contributed by atoms with Gasteiger partial charge in [0.1, 0.15) is 5.75 Å². The molecule has 5 nitrogen and oxygen atoms in total. The number of esters is 1. The maximum atomic E-state index is 11.9. The molecule has 0 aliphatic heterocycles. The van der Waals surface area contributed by atoms with Crippen LogP contribution in [0.25, 0.3) is 6.08 Å². The van der Waals surface area contributed by atoms with Gasteiger partial charge >= 0.3 is 5.97 Å². The van der Waals surface area contributed by atoms with E-state index in [1.807, 2.05) is 31.2 Å². The van der Waals surface area contributed by atoms with Gasteiger partial charge in [-0.1, -0.05) is 36.7 Å². The topological polar surface area (TPSA) is 54.0 Å². The number of ether oxygens (including phenoxy) is 4. The van der Waals surface area contributed by atoms with Crippen LogP contribution >= 0.6 is 11.6 Å². The lowest BCUT2D eigenvalue weighted by Crippen LogP contribution is -2.24. The van der Waals surface area contributed by atoms with Crippen molar-refractivity contribution in [3.05, 3.63) is 46.7 Å². The summed E-state index contributed by atoms with van der Waals surface area (Å²) in [5, 5.41) is 0.544. The quantitative estimate of drug-likeness (QED) is 0.404. The van der Waals surface area contributed by atoms with Crippen LogP contribution in [0.15, 0.2) is 36.1 Å². The first-order chi connectivity index (χ1) is 11.5. The van der Waals surface area contributed by atoms with Crippen molar-refractivity contribution in [1.29, 1.82) is 0 Å². The molecule has 1 rings (SSSR count). The predicted molar refractivity (Wildman–Crippen MR) is 94.1 cm³/mol. The first-order valence-electron chi connectivity index (χ1n) is 7.34. The van der Waals surface area contributed by atoms with Crippen molar-refractivity contribution in [3.63, 3.8) is 0 Å². The molecule has 0 saturated heterocycles. The third-order valence-corrected chi connectivity index (χ3v) is 3.89. The Labute approximate surface area is 147 Å². The van der Waals surface area contributed by atoms with Crippen molar-refractivity contribution in [1.82, 2.24) is 0 Å². The van der Waals surface area contributed by atoms with Crippen LogP contribution in [0.5, 0.6) is 5.75 Å². The van der Waals surface area contributed by atoms with Gasteiger partial charge in [0, 0.05) is 13.0 Å². The lowest BCUT2D eigenvalue weighted by molar-refractivity contribution is -0.137. The fraction of sp³-hybridized carbons (Fsp3) is 0.389. The molecule has 0 radical (unpaired) electrons. The van der Waals surface area contributed by atoms with Crippen LogP contribution in [0.2, 0.25) is 5.02 Å². The standard InChI is InChI=1S/C18H23ClO5/c1-12(14(11-21-2)18(20)24-5)16(22-3)9-7-13-6-8-15(19)17(10-13)23-4/h6-12,16H,1-5H3. The third-order valence-electron chi connectivity index (χ3n) is 3.57. The molecule has 132 valence electrons. The van der Waals surface area contributed by atoms with E-state index in [4.69, 9.17) is 30.5 Å². The van der Waals surface area contributed by atoms with E-state index in [0.29, 0.717) is 16.3 Å². The molecule has 0 bridgehead atoms. The van der Waals surface area contributed by atoms with E-state index >= 15 is 0 Å². The average Bonchev–Trinajstić information content (AvgIpc) is 2.60. The van der Waals surface area contributed by atoms with Crippen molar-refractivity contribution in [3.8, 4) is 5.75 Å². The molecule has 0 saturated carbocycles. The number of hydrogen-bond acceptors (Lipinski definition) is 5. The van der Waals surface area contributed by atoms with E-state index in [1.54, 1.807) is 20.3 Å². The highest BCUT2D eigenvalue weighted by Gasteiger charge is 2.25. The highest BCUT2D eigenvalue weighted by molar-refractivity contribution is 6.32. The van der Waals surface area contributed by atoms with Crippen molar-refractivity contribution in [2.45, 2.75) is 13.0 Å². The van der Waals surface area contributed by atoms with E-state index in [2.05, 4.69) is 0 Å². The summed E-state index contributed by atoms with van der Waals surface area (Å²) in [6, 6.07) is 5.45. The number of methoxy groups -OCH3 is 4. The van der Waals surface area contributed by atoms with Crippen LogP contribution in [-0.4, -0.2) is 40.5 Å². The molecule has 0 amide bonds. The molecule has 0 aromatic heterocycles. The Morgan fingerprint density at radius 3 is 2.46 bits per heavy atom. The number of benzene rings is 1. The fourth-order valence-corrected chi connectivity index (χ4v) is 2.39. The van der Waals surface area contributed by atoms with E-state index < -0.39 is 5.97 Å². The molecule has 0 fully saturated rings. The van der Waals surface area contributed by atoms with Crippen molar-refractivity contribution in [2.75, 3.05) is 28.4 Å². The van der Waals surface area contributed by atoms with Gasteiger partial charge in [0.2, 0.25) is 0 Å². The van der Waals surface area contributed by atoms with E-state index in [-0.39, 0.29) is 12.0 Å². The molecule has 0 N–H and O–H groups in total. The summed E-state index contributed by atoms with van der Waals surface area (Å²) in [6.07, 6.45) is 4.78. The summed E-state index contributed by atoms with van der Waals surface area (Å²) in [4.78, 5) is 11.9. The third kappa shape index (κ3) is 5.28. The van der Waals surface area contributed by atoms with E-state index in [0.717, 1.165) is 5.56 Å². The molecular formula is C18H23ClO5. The van der Waals surface area contributed by atoms with Gasteiger partial charge < -0.3 is 18.9 Å². The molecule has 0 spiro atoms. The highest BCUT2D eigenvalue weighted by Crippen LogP contribution is 2.26. The second-order valence-corrected chi connectivity index (χ2v) is 5.45. The number of rotatable bonds is 8. The number of carbonyl (C=O) groups is 1. The molecule has 2 unspecified atom stereocenters. The van der Waals surface area contributed by atoms with Crippen LogP contribution in [-0.2, 0) is 19.0 Å². The predicted octanol–water partition coefficient (Wildman–Crippen LogP) is 3.72. The maximum absolute atomic E-state index is 11.9. The zero-order chi connectivity index (χ0) is 18.1. The Balaban J connectivity index is 3.00. The molecule has 0 aliphatic rings. The van der Waals surface area contributed by atoms with Gasteiger partial charge in [-0.2, -0.15) is 0 Å². The molecular weight excluding hydrogens is 332 g/mol. The smallest absolute Gasteiger partial charge is 0.337 e. The summed E-state index contributed by atoms with van der Waals surface area (Å²) in [5.74, 6) is -0.115. The monoisotopic (exact) mass is 354 g/mol. The van der Waals surface area contributed by atoms with Gasteiger partial charge in [-0.25, -0.2) is 4.79 Å². The minimum absolute atomic E-state index is 0.257. The number of carbonyl (C=O) groups excluding carboxylic acids is 1. The minimum atomic E-state index is -0.451. The molecule has 1 aromatic carbocycles. The fourth-order valence-electron chi connectivity index (χ4n) is 2.20. The summed E-state index contributed by atoms with van der Waals surface area (Å²) >= 11 is 6.02. The number of hydrogen-bond donors (Lipinski definition) is 0. The second-order valence-electron chi connectivity index (χ2n) is 5.04. The van der Waals surface area contributed by atoms with Gasteiger partial charge in [-0.05, 0) is 17.7 Å². The Bertz CT molecular complexity index is 609. The largest absolute Gasteiger partial charge is 0.504 e. The summed E-state index contributed by atoms with van der Waals surface area (Å²) in [7, 11) is 5.95. The van der Waals surface area contributed by atoms with Crippen molar-refractivity contribution >= 4 is 23.6 Å². The number of halogens is 1. The summed E-state index contributed by atoms with van der Waals surface area (Å²) < 4.78 is 20.5. The first-order valence-corrected chi connectivity index (χ1v) is 7.72. The summed E-state index contributed by atoms with van der Waals surface area (Å²) in [6.45, 7) is 1.86. The van der Waals surface area contributed by atoms with Crippen LogP contribution in [0.3, 0.4) is 0 Å². The molecule has 6 heteroatoms. The van der Waals surface area contributed by atoms with Crippen LogP contribution in [0.1, 0.15) is 12.5 Å². The lowest BCUT2D eigenvalue weighted by Gasteiger charge is -2.21. The zero-order valence-electron chi connectivity index (χ0n) is 14.5. The van der Waals surface area contributed by atoms with Gasteiger partial charge in [0.25, 0.3) is 0 Å². The Hall–Kier alpha value is -1.98. The second kappa shape index (κ2) is 10.0. The minimum Gasteiger partial charge on any atom is -0.504 e. The van der Waals surface area contributed by atoms with Crippen LogP contribution < -0.4 is 4.74 Å². The van der Waals surface area contributed by atoms with Gasteiger partial charge in [-0.3, -0.25) is 0 Å². The van der Waals surface area contributed by atoms with Crippen LogP contribution in [0.4, 0.5) is 0 Å². The highest BCUT2D eigenvalue weighted by atomic mass is 35.5. The molecule has 2 atom stereocenters. The Morgan fingerprint density at radius 1 is 1.21 bits per heavy atom. The first kappa shape index (κ1) is 20.1. The van der Waals surface area contributed by atoms with Gasteiger partial charge in [0.05, 0.1) is 44.3 Å². The van der Waals surface area contributed by atoms with Crippen molar-refractivity contribution in [2.24, 2.45) is 5.92 Å². The van der Waals surface area contributed by atoms with Gasteiger partial charge in [0.15, 0.2) is 0 Å². The molecule has 24 heavy (non-hydrogen) atoms. The lowest BCUT2D eigenvalue weighted by atomic mass is 9.95. The maximum Gasteiger partial charge on any atom is 0.337 e. The van der Waals surface area contributed by atoms with E-state index in [9.17, 15) is 4.79 Å². The zero-order valence-corrected chi connectivity index (χ0v) is 15.3. The van der Waals surface area contributed by atoms with Gasteiger partial charge in [-0.15, -0.1) is 0 Å². The molecule has 0 heterocycles. The molecule has 1 aromatic rings. The normalized spacial score (nSPS) is 14.3. The van der Waals surface area contributed by atoms with Crippen LogP contribution in [0, 0.1) is 5.92 Å². The molecule has 0 aliphatic carbocycles. The Morgan fingerprint density at radius 2 is 1.92 bits per heavy atom. The average molecular weight is 355 g/mol. The van der Waals surface area contributed by atoms with Crippen molar-refractivity contribution < 1.29 is 23.7 Å². The SMILES string of the molecule is COC=C(C(=O)OC)C(C)C(C=Cc1ccc(Cl)c(OC)c1)OC. The van der Waals surface area contributed by atoms with E-state index in [1.165, 1.54) is 20.5 Å². The Kier molecular flexibility index (Phi) is 8.36. The summed E-state index contributed by atoms with van der Waals surface area (Å²) in [5.41, 5.74) is 1.30.